The summed E-state index contributed by atoms with van der Waals surface area (Å²) in [7, 11) is 1.60. The fraction of sp³-hybridized carbons (Fsp3) is 0.476. The number of hydrogen-bond acceptors (Lipinski definition) is 4. The van der Waals surface area contributed by atoms with Crippen LogP contribution in [0.1, 0.15) is 30.8 Å². The minimum absolute atomic E-state index is 0.133. The molecule has 0 spiro atoms. The zero-order valence-corrected chi connectivity index (χ0v) is 17.2. The van der Waals surface area contributed by atoms with Gasteiger partial charge in [0.15, 0.2) is 0 Å². The van der Waals surface area contributed by atoms with Crippen LogP contribution < -0.4 is 10.6 Å². The number of ether oxygens (including phenoxy) is 1. The van der Waals surface area contributed by atoms with Gasteiger partial charge in [0.05, 0.1) is 13.1 Å². The first-order valence-electron chi connectivity index (χ1n) is 9.86. The van der Waals surface area contributed by atoms with Gasteiger partial charge >= 0.3 is 0 Å². The molecule has 2 N–H and O–H groups in total. The van der Waals surface area contributed by atoms with Crippen molar-refractivity contribution in [1.29, 1.82) is 0 Å². The summed E-state index contributed by atoms with van der Waals surface area (Å²) < 4.78 is 6.84. The number of fused-ring (bicyclic) bond motifs is 3. The molecule has 3 rings (SSSR count). The third-order valence-electron chi connectivity index (χ3n) is 5.40. The van der Waals surface area contributed by atoms with Gasteiger partial charge in [-0.3, -0.25) is 14.4 Å². The summed E-state index contributed by atoms with van der Waals surface area (Å²) in [4.78, 5) is 39.7. The first kappa shape index (κ1) is 20.9. The van der Waals surface area contributed by atoms with Crippen LogP contribution in [-0.2, 0) is 20.9 Å². The highest BCUT2D eigenvalue weighted by Gasteiger charge is 2.46. The summed E-state index contributed by atoms with van der Waals surface area (Å²) in [6.07, 6.45) is 0.704. The molecule has 0 bridgehead atoms. The second-order valence-corrected chi connectivity index (χ2v) is 7.38. The van der Waals surface area contributed by atoms with Crippen LogP contribution in [0, 0.1) is 0 Å². The molecule has 0 unspecified atom stereocenters. The van der Waals surface area contributed by atoms with E-state index in [0.717, 1.165) is 10.9 Å². The predicted octanol–water partition coefficient (Wildman–Crippen LogP) is 1.14. The summed E-state index contributed by atoms with van der Waals surface area (Å²) >= 11 is 0. The molecule has 0 saturated heterocycles. The van der Waals surface area contributed by atoms with Gasteiger partial charge in [0.1, 0.15) is 11.2 Å². The lowest BCUT2D eigenvalue weighted by Gasteiger charge is -2.43. The maximum Gasteiger partial charge on any atom is 0.271 e. The van der Waals surface area contributed by atoms with Crippen molar-refractivity contribution in [3.05, 3.63) is 36.0 Å². The first-order valence-corrected chi connectivity index (χ1v) is 9.86. The summed E-state index contributed by atoms with van der Waals surface area (Å²) in [5, 5.41) is 6.40. The second kappa shape index (κ2) is 8.65. The second-order valence-electron chi connectivity index (χ2n) is 7.38. The maximum absolute atomic E-state index is 13.1. The van der Waals surface area contributed by atoms with Crippen molar-refractivity contribution in [3.63, 3.8) is 0 Å². The zero-order chi connectivity index (χ0) is 21.0. The summed E-state index contributed by atoms with van der Waals surface area (Å²) in [6.45, 7) is 5.24. The Morgan fingerprint density at radius 2 is 2.00 bits per heavy atom. The molecular formula is C21H28N4O4. The topological polar surface area (TPSA) is 92.7 Å². The molecule has 0 fully saturated rings. The van der Waals surface area contributed by atoms with E-state index in [0.29, 0.717) is 38.4 Å². The molecular weight excluding hydrogens is 372 g/mol. The highest BCUT2D eigenvalue weighted by molar-refractivity contribution is 6.04. The lowest BCUT2D eigenvalue weighted by atomic mass is 9.95. The fourth-order valence-corrected chi connectivity index (χ4v) is 3.86. The minimum Gasteiger partial charge on any atom is -0.385 e. The van der Waals surface area contributed by atoms with Crippen molar-refractivity contribution in [2.45, 2.75) is 32.4 Å². The Labute approximate surface area is 170 Å². The number of rotatable bonds is 8. The normalized spacial score (nSPS) is 18.6. The van der Waals surface area contributed by atoms with Crippen LogP contribution in [0.15, 0.2) is 30.3 Å². The number of para-hydroxylation sites is 1. The largest absolute Gasteiger partial charge is 0.385 e. The summed E-state index contributed by atoms with van der Waals surface area (Å²) in [5.41, 5.74) is 0.410. The molecule has 8 heteroatoms. The SMILES string of the molecule is CCN1C(=O)c2cc3ccccc3n2C[C@]1(C)C(=O)NCC(=O)NCCCOC. The van der Waals surface area contributed by atoms with Crippen molar-refractivity contribution >= 4 is 28.6 Å². The van der Waals surface area contributed by atoms with E-state index in [1.807, 2.05) is 41.8 Å². The highest BCUT2D eigenvalue weighted by Crippen LogP contribution is 2.31. The number of benzene rings is 1. The van der Waals surface area contributed by atoms with Crippen molar-refractivity contribution in [2.24, 2.45) is 0 Å². The minimum atomic E-state index is -1.09. The van der Waals surface area contributed by atoms with Crippen molar-refractivity contribution in [3.8, 4) is 0 Å². The van der Waals surface area contributed by atoms with E-state index < -0.39 is 5.54 Å². The van der Waals surface area contributed by atoms with Gasteiger partial charge in [-0.1, -0.05) is 18.2 Å². The molecule has 156 valence electrons. The highest BCUT2D eigenvalue weighted by atomic mass is 16.5. The van der Waals surface area contributed by atoms with Gasteiger partial charge in [0.25, 0.3) is 5.91 Å². The smallest absolute Gasteiger partial charge is 0.271 e. The fourth-order valence-electron chi connectivity index (χ4n) is 3.86. The van der Waals surface area contributed by atoms with Crippen LogP contribution in [0.4, 0.5) is 0 Å². The molecule has 1 aromatic heterocycles. The average Bonchev–Trinajstić information content (AvgIpc) is 3.08. The molecule has 3 amide bonds. The standard InChI is InChI=1S/C21H28N4O4/c1-4-25-19(27)17-12-15-8-5-6-9-16(15)24(17)14-21(25,2)20(28)23-13-18(26)22-10-7-11-29-3/h5-6,8-9,12H,4,7,10-11,13-14H2,1-3H3,(H,22,26)(H,23,28)/t21-/m1/s1. The average molecular weight is 400 g/mol. The zero-order valence-electron chi connectivity index (χ0n) is 17.2. The van der Waals surface area contributed by atoms with Gasteiger partial charge in [-0.25, -0.2) is 0 Å². The molecule has 8 nitrogen and oxygen atoms in total. The number of hydrogen-bond donors (Lipinski definition) is 2. The third-order valence-corrected chi connectivity index (χ3v) is 5.40. The van der Waals surface area contributed by atoms with Crippen LogP contribution in [0.25, 0.3) is 10.9 Å². The molecule has 2 heterocycles. The van der Waals surface area contributed by atoms with E-state index in [1.165, 1.54) is 0 Å². The first-order chi connectivity index (χ1) is 13.9. The Balaban J connectivity index is 1.76. The number of nitrogens with zero attached hydrogens (tertiary/aromatic N) is 2. The van der Waals surface area contributed by atoms with Crippen LogP contribution in [0.3, 0.4) is 0 Å². The molecule has 0 radical (unpaired) electrons. The number of amides is 3. The molecule has 1 aliphatic heterocycles. The van der Waals surface area contributed by atoms with Gasteiger partial charge in [-0.2, -0.15) is 0 Å². The van der Waals surface area contributed by atoms with Crippen molar-refractivity contribution in [1.82, 2.24) is 20.1 Å². The van der Waals surface area contributed by atoms with Crippen LogP contribution in [0.2, 0.25) is 0 Å². The van der Waals surface area contributed by atoms with Gasteiger partial charge < -0.3 is 24.8 Å². The molecule has 2 aromatic rings. The van der Waals surface area contributed by atoms with Gasteiger partial charge in [0, 0.05) is 37.7 Å². The molecule has 0 saturated carbocycles. The summed E-state index contributed by atoms with van der Waals surface area (Å²) in [6, 6.07) is 9.60. The number of methoxy groups -OCH3 is 1. The van der Waals surface area contributed by atoms with Crippen LogP contribution in [-0.4, -0.2) is 66.1 Å². The molecule has 29 heavy (non-hydrogen) atoms. The number of aromatic nitrogens is 1. The number of likely N-dealkylation sites (N-methyl/N-ethyl adjacent to an activating group) is 1. The van der Waals surface area contributed by atoms with Gasteiger partial charge in [-0.05, 0) is 32.4 Å². The monoisotopic (exact) mass is 400 g/mol. The molecule has 1 aliphatic rings. The van der Waals surface area contributed by atoms with E-state index in [2.05, 4.69) is 10.6 Å². The van der Waals surface area contributed by atoms with Gasteiger partial charge in [-0.15, -0.1) is 0 Å². The summed E-state index contributed by atoms with van der Waals surface area (Å²) in [5.74, 6) is -0.796. The van der Waals surface area contributed by atoms with E-state index in [9.17, 15) is 14.4 Å². The van der Waals surface area contributed by atoms with Gasteiger partial charge in [0.2, 0.25) is 11.8 Å². The predicted molar refractivity (Wildman–Crippen MR) is 110 cm³/mol. The molecule has 1 atom stereocenters. The van der Waals surface area contributed by atoms with E-state index in [-0.39, 0.29) is 24.3 Å². The third kappa shape index (κ3) is 3.98. The quantitative estimate of drug-likeness (QED) is 0.650. The van der Waals surface area contributed by atoms with E-state index >= 15 is 0 Å². The van der Waals surface area contributed by atoms with Crippen molar-refractivity contribution < 1.29 is 19.1 Å². The molecule has 1 aromatic carbocycles. The Bertz CT molecular complexity index is 923. The lowest BCUT2D eigenvalue weighted by molar-refractivity contribution is -0.134. The Morgan fingerprint density at radius 1 is 1.24 bits per heavy atom. The Hall–Kier alpha value is -2.87. The van der Waals surface area contributed by atoms with Crippen molar-refractivity contribution in [2.75, 3.05) is 33.4 Å². The number of carbonyl (C=O) groups excluding carboxylic acids is 3. The molecule has 0 aliphatic carbocycles. The maximum atomic E-state index is 13.1. The Kier molecular flexibility index (Phi) is 6.22. The number of nitrogens with one attached hydrogen (secondary N) is 2. The number of carbonyl (C=O) groups is 3. The van der Waals surface area contributed by atoms with Crippen LogP contribution in [0.5, 0.6) is 0 Å². The lowest BCUT2D eigenvalue weighted by Crippen LogP contribution is -2.64. The van der Waals surface area contributed by atoms with E-state index in [4.69, 9.17) is 4.74 Å². The Morgan fingerprint density at radius 3 is 2.72 bits per heavy atom. The van der Waals surface area contributed by atoms with E-state index in [1.54, 1.807) is 18.9 Å². The van der Waals surface area contributed by atoms with Crippen LogP contribution >= 0.6 is 0 Å².